The second-order valence-electron chi connectivity index (χ2n) is 4.48. The second-order valence-corrected chi connectivity index (χ2v) is 5.81. The monoisotopic (exact) mass is 305 g/mol. The number of nitrogens with one attached hydrogen (secondary N) is 1. The van der Waals surface area contributed by atoms with Crippen molar-refractivity contribution in [3.05, 3.63) is 10.0 Å². The number of halogens is 1. The molecule has 6 nitrogen and oxygen atoms in total. The summed E-state index contributed by atoms with van der Waals surface area (Å²) in [7, 11) is 1.66. The van der Waals surface area contributed by atoms with Gasteiger partial charge in [0.2, 0.25) is 5.91 Å². The molecule has 0 bridgehead atoms. The van der Waals surface area contributed by atoms with E-state index < -0.39 is 5.97 Å². The minimum atomic E-state index is -1.12. The smallest absolute Gasteiger partial charge is 0.349 e. The average molecular weight is 306 g/mol. The van der Waals surface area contributed by atoms with E-state index in [0.717, 1.165) is 11.3 Å². The molecule has 1 rings (SSSR count). The van der Waals surface area contributed by atoms with Gasteiger partial charge < -0.3 is 15.3 Å². The lowest BCUT2D eigenvalue weighted by molar-refractivity contribution is -0.119. The van der Waals surface area contributed by atoms with E-state index in [9.17, 15) is 9.59 Å². The fourth-order valence-corrected chi connectivity index (χ4v) is 2.33. The molecular weight excluding hydrogens is 290 g/mol. The van der Waals surface area contributed by atoms with Gasteiger partial charge in [0.1, 0.15) is 0 Å². The summed E-state index contributed by atoms with van der Waals surface area (Å²) in [5, 5.41) is 12.0. The highest BCUT2D eigenvalue weighted by molar-refractivity contribution is 7.18. The van der Waals surface area contributed by atoms with Crippen LogP contribution in [-0.2, 0) is 4.79 Å². The molecule has 0 unspecified atom stereocenters. The van der Waals surface area contributed by atoms with Gasteiger partial charge in [0, 0.05) is 13.6 Å². The number of carbonyl (C=O) groups excluding carboxylic acids is 1. The molecule has 0 atom stereocenters. The summed E-state index contributed by atoms with van der Waals surface area (Å²) in [6.07, 6.45) is 0. The van der Waals surface area contributed by atoms with Crippen molar-refractivity contribution in [1.82, 2.24) is 10.3 Å². The number of aromatic nitrogens is 1. The zero-order valence-corrected chi connectivity index (χ0v) is 12.5. The standard InChI is InChI=1S/C11H16ClN3O3S/c1-6(2)4-13-7(16)5-15(3)11-14-9(12)8(19-11)10(17)18/h6H,4-5H2,1-3H3,(H,13,16)(H,17,18). The summed E-state index contributed by atoms with van der Waals surface area (Å²) < 4.78 is 0. The van der Waals surface area contributed by atoms with Crippen molar-refractivity contribution in [2.75, 3.05) is 25.0 Å². The molecule has 106 valence electrons. The van der Waals surface area contributed by atoms with Gasteiger partial charge in [-0.1, -0.05) is 36.8 Å². The molecule has 1 aromatic rings. The lowest BCUT2D eigenvalue weighted by Gasteiger charge is -2.15. The van der Waals surface area contributed by atoms with Gasteiger partial charge in [0.15, 0.2) is 15.2 Å². The first-order chi connectivity index (χ1) is 8.81. The van der Waals surface area contributed by atoms with Crippen molar-refractivity contribution in [3.8, 4) is 0 Å². The third kappa shape index (κ3) is 4.68. The van der Waals surface area contributed by atoms with Crippen LogP contribution in [0.5, 0.6) is 0 Å². The summed E-state index contributed by atoms with van der Waals surface area (Å²) >= 11 is 6.66. The van der Waals surface area contributed by atoms with E-state index in [-0.39, 0.29) is 22.5 Å². The molecule has 0 aliphatic rings. The first-order valence-corrected chi connectivity index (χ1v) is 6.88. The molecule has 0 radical (unpaired) electrons. The van der Waals surface area contributed by atoms with Crippen molar-refractivity contribution in [2.45, 2.75) is 13.8 Å². The molecule has 8 heteroatoms. The Kier molecular flexibility index (Phi) is 5.56. The highest BCUT2D eigenvalue weighted by Gasteiger charge is 2.19. The van der Waals surface area contributed by atoms with Crippen LogP contribution in [0.15, 0.2) is 0 Å². The third-order valence-corrected chi connectivity index (χ3v) is 3.73. The van der Waals surface area contributed by atoms with E-state index >= 15 is 0 Å². The van der Waals surface area contributed by atoms with Crippen LogP contribution in [0.2, 0.25) is 5.15 Å². The Morgan fingerprint density at radius 3 is 2.63 bits per heavy atom. The van der Waals surface area contributed by atoms with E-state index in [4.69, 9.17) is 16.7 Å². The maximum atomic E-state index is 11.6. The van der Waals surface area contributed by atoms with Gasteiger partial charge in [-0.15, -0.1) is 0 Å². The number of carboxylic acids is 1. The van der Waals surface area contributed by atoms with Gasteiger partial charge >= 0.3 is 5.97 Å². The van der Waals surface area contributed by atoms with Gasteiger partial charge in [0.25, 0.3) is 0 Å². The van der Waals surface area contributed by atoms with Gasteiger partial charge in [-0.25, -0.2) is 9.78 Å². The number of carboxylic acid groups (broad SMARTS) is 1. The van der Waals surface area contributed by atoms with Crippen LogP contribution in [0, 0.1) is 5.92 Å². The Hall–Kier alpha value is -1.34. The molecule has 1 aromatic heterocycles. The summed E-state index contributed by atoms with van der Waals surface area (Å²) in [6, 6.07) is 0. The third-order valence-electron chi connectivity index (χ3n) is 2.18. The Labute approximate surface area is 120 Å². The number of hydrogen-bond donors (Lipinski definition) is 2. The van der Waals surface area contributed by atoms with E-state index in [1.165, 1.54) is 0 Å². The molecule has 0 fully saturated rings. The van der Waals surface area contributed by atoms with Crippen LogP contribution in [0.25, 0.3) is 0 Å². The minimum absolute atomic E-state index is 0.0221. The van der Waals surface area contributed by atoms with E-state index in [1.807, 2.05) is 13.8 Å². The lowest BCUT2D eigenvalue weighted by atomic mass is 10.2. The fraction of sp³-hybridized carbons (Fsp3) is 0.545. The zero-order valence-electron chi connectivity index (χ0n) is 10.9. The molecule has 0 aromatic carbocycles. The average Bonchev–Trinajstić information content (AvgIpc) is 2.69. The second kappa shape index (κ2) is 6.72. The highest BCUT2D eigenvalue weighted by Crippen LogP contribution is 2.28. The molecule has 0 spiro atoms. The number of aromatic carboxylic acids is 1. The van der Waals surface area contributed by atoms with Crippen molar-refractivity contribution in [3.63, 3.8) is 0 Å². The minimum Gasteiger partial charge on any atom is -0.477 e. The van der Waals surface area contributed by atoms with Crippen LogP contribution in [-0.4, -0.2) is 42.1 Å². The molecule has 2 N–H and O–H groups in total. The van der Waals surface area contributed by atoms with Crippen LogP contribution in [0.3, 0.4) is 0 Å². The molecule has 1 heterocycles. The first-order valence-electron chi connectivity index (χ1n) is 5.68. The molecule has 19 heavy (non-hydrogen) atoms. The predicted octanol–water partition coefficient (Wildman–Crippen LogP) is 1.70. The number of amides is 1. The quantitative estimate of drug-likeness (QED) is 0.836. The maximum absolute atomic E-state index is 11.6. The van der Waals surface area contributed by atoms with E-state index in [1.54, 1.807) is 11.9 Å². The van der Waals surface area contributed by atoms with Crippen LogP contribution < -0.4 is 10.2 Å². The number of hydrogen-bond acceptors (Lipinski definition) is 5. The Balaban J connectivity index is 2.63. The van der Waals surface area contributed by atoms with E-state index in [2.05, 4.69) is 10.3 Å². The first kappa shape index (κ1) is 15.7. The highest BCUT2D eigenvalue weighted by atomic mass is 35.5. The number of likely N-dealkylation sites (N-methyl/N-ethyl adjacent to an activating group) is 1. The molecule has 0 aliphatic carbocycles. The summed E-state index contributed by atoms with van der Waals surface area (Å²) in [5.41, 5.74) is 0. The van der Waals surface area contributed by atoms with Gasteiger partial charge in [0.05, 0.1) is 6.54 Å². The topological polar surface area (TPSA) is 82.5 Å². The SMILES string of the molecule is CC(C)CNC(=O)CN(C)c1nc(Cl)c(C(=O)O)s1. The van der Waals surface area contributed by atoms with E-state index in [0.29, 0.717) is 17.6 Å². The number of rotatable bonds is 6. The van der Waals surface area contributed by atoms with Gasteiger partial charge in [-0.3, -0.25) is 4.79 Å². The maximum Gasteiger partial charge on any atom is 0.349 e. The Morgan fingerprint density at radius 2 is 2.16 bits per heavy atom. The summed E-state index contributed by atoms with van der Waals surface area (Å²) in [5.74, 6) is -0.881. The molecule has 0 saturated heterocycles. The van der Waals surface area contributed by atoms with Gasteiger partial charge in [-0.2, -0.15) is 0 Å². The molecule has 0 saturated carbocycles. The Bertz CT molecular complexity index is 476. The largest absolute Gasteiger partial charge is 0.477 e. The number of nitrogens with zero attached hydrogens (tertiary/aromatic N) is 2. The van der Waals surface area contributed by atoms with Crippen molar-refractivity contribution in [2.24, 2.45) is 5.92 Å². The summed E-state index contributed by atoms with van der Waals surface area (Å²) in [4.78, 5) is 28.0. The molecule has 0 aliphatic heterocycles. The molecule has 1 amide bonds. The normalized spacial score (nSPS) is 10.6. The number of anilines is 1. The zero-order chi connectivity index (χ0) is 14.6. The predicted molar refractivity (Wildman–Crippen MR) is 75.2 cm³/mol. The van der Waals surface area contributed by atoms with Crippen molar-refractivity contribution < 1.29 is 14.7 Å². The number of carbonyl (C=O) groups is 2. The number of thiazole rings is 1. The van der Waals surface area contributed by atoms with Crippen LogP contribution >= 0.6 is 22.9 Å². The molecular formula is C11H16ClN3O3S. The Morgan fingerprint density at radius 1 is 1.53 bits per heavy atom. The summed E-state index contributed by atoms with van der Waals surface area (Å²) in [6.45, 7) is 4.72. The van der Waals surface area contributed by atoms with Crippen molar-refractivity contribution in [1.29, 1.82) is 0 Å². The van der Waals surface area contributed by atoms with Crippen molar-refractivity contribution >= 4 is 39.9 Å². The lowest BCUT2D eigenvalue weighted by Crippen LogP contribution is -2.36. The van der Waals surface area contributed by atoms with Gasteiger partial charge in [-0.05, 0) is 5.92 Å². The van der Waals surface area contributed by atoms with Crippen LogP contribution in [0.4, 0.5) is 5.13 Å². The van der Waals surface area contributed by atoms with Crippen LogP contribution in [0.1, 0.15) is 23.5 Å². The fourth-order valence-electron chi connectivity index (χ4n) is 1.24.